The van der Waals surface area contributed by atoms with Gasteiger partial charge in [-0.2, -0.15) is 0 Å². The summed E-state index contributed by atoms with van der Waals surface area (Å²) in [6.07, 6.45) is 3.28. The first-order valence-electron chi connectivity index (χ1n) is 6.04. The number of carboxylic acid groups (broad SMARTS) is 1. The highest BCUT2D eigenvalue weighted by molar-refractivity contribution is 5.88. The number of aromatic carboxylic acids is 1. The van der Waals surface area contributed by atoms with E-state index in [9.17, 15) is 4.79 Å². The Morgan fingerprint density at radius 3 is 2.90 bits per heavy atom. The van der Waals surface area contributed by atoms with Crippen LogP contribution in [0.1, 0.15) is 10.4 Å². The molecule has 5 heteroatoms. The molecular weight excluding hydrogens is 256 g/mol. The normalized spacial score (nSPS) is 10.7. The van der Waals surface area contributed by atoms with Gasteiger partial charge in [-0.05, 0) is 24.3 Å². The van der Waals surface area contributed by atoms with Crippen LogP contribution in [0.2, 0.25) is 0 Å². The summed E-state index contributed by atoms with van der Waals surface area (Å²) in [6.45, 7) is 0. The second kappa shape index (κ2) is 4.70. The number of aromatic nitrogens is 2. The number of fused-ring (bicyclic) bond motifs is 1. The molecule has 3 rings (SSSR count). The molecule has 0 fully saturated rings. The maximum Gasteiger partial charge on any atom is 0.337 e. The van der Waals surface area contributed by atoms with Crippen molar-refractivity contribution < 1.29 is 14.6 Å². The van der Waals surface area contributed by atoms with Gasteiger partial charge in [-0.1, -0.05) is 12.1 Å². The number of rotatable bonds is 3. The monoisotopic (exact) mass is 268 g/mol. The lowest BCUT2D eigenvalue weighted by atomic mass is 10.2. The average Bonchev–Trinajstić information content (AvgIpc) is 2.90. The van der Waals surface area contributed by atoms with E-state index in [0.717, 1.165) is 16.8 Å². The van der Waals surface area contributed by atoms with E-state index in [4.69, 9.17) is 9.84 Å². The molecule has 1 N–H and O–H groups in total. The van der Waals surface area contributed by atoms with Gasteiger partial charge in [0.25, 0.3) is 0 Å². The molecule has 3 aromatic rings. The summed E-state index contributed by atoms with van der Waals surface area (Å²) in [7, 11) is 1.60. The highest BCUT2D eigenvalue weighted by Crippen LogP contribution is 2.24. The maximum atomic E-state index is 11.1. The first kappa shape index (κ1) is 12.2. The van der Waals surface area contributed by atoms with Crippen molar-refractivity contribution in [2.45, 2.75) is 0 Å². The van der Waals surface area contributed by atoms with Crippen LogP contribution in [-0.4, -0.2) is 27.6 Å². The lowest BCUT2D eigenvalue weighted by Crippen LogP contribution is -1.99. The summed E-state index contributed by atoms with van der Waals surface area (Å²) in [6, 6.07) is 10.8. The molecule has 100 valence electrons. The highest BCUT2D eigenvalue weighted by atomic mass is 16.5. The fourth-order valence-electron chi connectivity index (χ4n) is 2.09. The molecule has 0 aliphatic heterocycles. The fourth-order valence-corrected chi connectivity index (χ4v) is 2.09. The van der Waals surface area contributed by atoms with Crippen molar-refractivity contribution in [1.82, 2.24) is 9.38 Å². The Morgan fingerprint density at radius 2 is 2.15 bits per heavy atom. The van der Waals surface area contributed by atoms with Crippen LogP contribution in [0.4, 0.5) is 0 Å². The third-order valence-corrected chi connectivity index (χ3v) is 3.10. The van der Waals surface area contributed by atoms with E-state index in [1.165, 1.54) is 0 Å². The van der Waals surface area contributed by atoms with Gasteiger partial charge in [-0.3, -0.25) is 4.40 Å². The summed E-state index contributed by atoms with van der Waals surface area (Å²) in [5, 5.41) is 9.07. The number of imidazole rings is 1. The van der Waals surface area contributed by atoms with Crippen LogP contribution in [0.5, 0.6) is 5.75 Å². The molecule has 20 heavy (non-hydrogen) atoms. The van der Waals surface area contributed by atoms with Crippen molar-refractivity contribution in [3.8, 4) is 17.1 Å². The first-order chi connectivity index (χ1) is 9.69. The second-order valence-electron chi connectivity index (χ2n) is 4.33. The van der Waals surface area contributed by atoms with Gasteiger partial charge in [0.2, 0.25) is 0 Å². The molecule has 0 aliphatic rings. The standard InChI is InChI=1S/C15H12N2O3/c1-20-13-4-2-3-10(7-13)14-16-8-12-6-5-11(15(18)19)9-17(12)14/h2-9H,1H3,(H,18,19). The van der Waals surface area contributed by atoms with Gasteiger partial charge in [-0.15, -0.1) is 0 Å². The number of hydrogen-bond acceptors (Lipinski definition) is 3. The van der Waals surface area contributed by atoms with Crippen LogP contribution in [0.3, 0.4) is 0 Å². The van der Waals surface area contributed by atoms with Crippen molar-refractivity contribution in [1.29, 1.82) is 0 Å². The quantitative estimate of drug-likeness (QED) is 0.793. The predicted molar refractivity (Wildman–Crippen MR) is 74.1 cm³/mol. The van der Waals surface area contributed by atoms with Gasteiger partial charge < -0.3 is 9.84 Å². The molecule has 0 radical (unpaired) electrons. The van der Waals surface area contributed by atoms with E-state index in [-0.39, 0.29) is 5.56 Å². The Bertz CT molecular complexity index is 793. The number of carbonyl (C=O) groups is 1. The highest BCUT2D eigenvalue weighted by Gasteiger charge is 2.10. The van der Waals surface area contributed by atoms with Crippen molar-refractivity contribution in [3.05, 3.63) is 54.4 Å². The smallest absolute Gasteiger partial charge is 0.337 e. The van der Waals surface area contributed by atoms with E-state index < -0.39 is 5.97 Å². The lowest BCUT2D eigenvalue weighted by Gasteiger charge is -2.05. The maximum absolute atomic E-state index is 11.1. The summed E-state index contributed by atoms with van der Waals surface area (Å²) >= 11 is 0. The van der Waals surface area contributed by atoms with E-state index in [0.29, 0.717) is 5.82 Å². The van der Waals surface area contributed by atoms with E-state index in [1.807, 2.05) is 24.3 Å². The summed E-state index contributed by atoms with van der Waals surface area (Å²) in [5.41, 5.74) is 1.93. The molecule has 0 unspecified atom stereocenters. The van der Waals surface area contributed by atoms with Crippen LogP contribution in [0.15, 0.2) is 48.8 Å². The van der Waals surface area contributed by atoms with Crippen molar-refractivity contribution >= 4 is 11.5 Å². The van der Waals surface area contributed by atoms with Crippen molar-refractivity contribution in [2.75, 3.05) is 7.11 Å². The van der Waals surface area contributed by atoms with Gasteiger partial charge in [0.15, 0.2) is 0 Å². The van der Waals surface area contributed by atoms with E-state index in [2.05, 4.69) is 4.98 Å². The zero-order valence-electron chi connectivity index (χ0n) is 10.8. The molecule has 0 saturated carbocycles. The van der Waals surface area contributed by atoms with Crippen LogP contribution >= 0.6 is 0 Å². The van der Waals surface area contributed by atoms with E-state index in [1.54, 1.807) is 36.0 Å². The zero-order valence-corrected chi connectivity index (χ0v) is 10.8. The molecule has 2 aromatic heterocycles. The zero-order chi connectivity index (χ0) is 14.1. The van der Waals surface area contributed by atoms with Gasteiger partial charge in [0, 0.05) is 11.8 Å². The van der Waals surface area contributed by atoms with Crippen LogP contribution < -0.4 is 4.74 Å². The number of benzene rings is 1. The number of methoxy groups -OCH3 is 1. The Kier molecular flexibility index (Phi) is 2.87. The average molecular weight is 268 g/mol. The minimum Gasteiger partial charge on any atom is -0.497 e. The topological polar surface area (TPSA) is 63.8 Å². The van der Waals surface area contributed by atoms with Gasteiger partial charge in [-0.25, -0.2) is 9.78 Å². The summed E-state index contributed by atoms with van der Waals surface area (Å²) < 4.78 is 6.96. The summed E-state index contributed by atoms with van der Waals surface area (Å²) in [4.78, 5) is 15.4. The van der Waals surface area contributed by atoms with Crippen LogP contribution in [0, 0.1) is 0 Å². The number of pyridine rings is 1. The SMILES string of the molecule is COc1cccc(-c2ncc3ccc(C(=O)O)cn23)c1. The third-order valence-electron chi connectivity index (χ3n) is 3.10. The third kappa shape index (κ3) is 1.99. The molecule has 0 bridgehead atoms. The van der Waals surface area contributed by atoms with Crippen LogP contribution in [-0.2, 0) is 0 Å². The largest absolute Gasteiger partial charge is 0.497 e. The molecule has 0 amide bonds. The Morgan fingerprint density at radius 1 is 1.30 bits per heavy atom. The van der Waals surface area contributed by atoms with Gasteiger partial charge >= 0.3 is 5.97 Å². The molecular formula is C15H12N2O3. The Balaban J connectivity index is 2.20. The molecule has 0 spiro atoms. The molecule has 2 heterocycles. The summed E-state index contributed by atoms with van der Waals surface area (Å²) in [5.74, 6) is 0.452. The number of hydrogen-bond donors (Lipinski definition) is 1. The molecule has 0 aliphatic carbocycles. The second-order valence-corrected chi connectivity index (χ2v) is 4.33. The number of nitrogens with zero attached hydrogens (tertiary/aromatic N) is 2. The first-order valence-corrected chi connectivity index (χ1v) is 6.04. The lowest BCUT2D eigenvalue weighted by molar-refractivity contribution is 0.0696. The van der Waals surface area contributed by atoms with Gasteiger partial charge in [0.1, 0.15) is 11.6 Å². The van der Waals surface area contributed by atoms with Gasteiger partial charge in [0.05, 0.1) is 24.4 Å². The van der Waals surface area contributed by atoms with Crippen molar-refractivity contribution in [2.24, 2.45) is 0 Å². The van der Waals surface area contributed by atoms with Crippen molar-refractivity contribution in [3.63, 3.8) is 0 Å². The molecule has 0 atom stereocenters. The van der Waals surface area contributed by atoms with E-state index >= 15 is 0 Å². The number of carboxylic acids is 1. The Labute approximate surface area is 115 Å². The minimum absolute atomic E-state index is 0.222. The molecule has 5 nitrogen and oxygen atoms in total. The van der Waals surface area contributed by atoms with Crippen LogP contribution in [0.25, 0.3) is 16.9 Å². The minimum atomic E-state index is -0.961. The fraction of sp³-hybridized carbons (Fsp3) is 0.0667. The Hall–Kier alpha value is -2.82. The predicted octanol–water partition coefficient (Wildman–Crippen LogP) is 2.71. The molecule has 1 aromatic carbocycles. The number of ether oxygens (including phenoxy) is 1. The molecule has 0 saturated heterocycles.